The molecule has 1 amide bonds. The fourth-order valence-corrected chi connectivity index (χ4v) is 4.95. The van der Waals surface area contributed by atoms with Crippen molar-refractivity contribution in [2.45, 2.75) is 38.8 Å². The summed E-state index contributed by atoms with van der Waals surface area (Å²) in [4.78, 5) is 34.7. The number of nitrogen functional groups attached to an aromatic ring is 1. The molecular weight excluding hydrogens is 482 g/mol. The number of carbonyl (C=O) groups is 2. The summed E-state index contributed by atoms with van der Waals surface area (Å²) in [6.07, 6.45) is 1.97. The van der Waals surface area contributed by atoms with Gasteiger partial charge in [0.25, 0.3) is 0 Å². The number of carbonyl (C=O) groups excluding carboxylic acids is 2. The van der Waals surface area contributed by atoms with Crippen LogP contribution in [0.25, 0.3) is 11.0 Å². The standard InChI is InChI=1S/C28H37N7O3/c1-5-38-25(36)18-33(3)28(2,27(37)35-14-6-7-15-35)20-10-13-23-22(16-20)32-24(34(23)4)17-31-21-11-8-19(9-12-21)26(29)30/h8-13,16,31H,5-7,14-15,17-18H2,1-4H3,(H3,29,30). The van der Waals surface area contributed by atoms with Crippen molar-refractivity contribution in [2.24, 2.45) is 12.8 Å². The Hall–Kier alpha value is -3.92. The first-order chi connectivity index (χ1) is 18.1. The number of fused-ring (bicyclic) bond motifs is 1. The molecule has 2 heterocycles. The quantitative estimate of drug-likeness (QED) is 0.213. The number of hydrogen-bond donors (Lipinski definition) is 3. The molecule has 1 saturated heterocycles. The number of aromatic nitrogens is 2. The number of likely N-dealkylation sites (N-methyl/N-ethyl adjacent to an activating group) is 1. The molecule has 0 spiro atoms. The van der Waals surface area contributed by atoms with Crippen LogP contribution < -0.4 is 11.1 Å². The normalized spacial score (nSPS) is 15.0. The van der Waals surface area contributed by atoms with Crippen LogP contribution in [0.5, 0.6) is 0 Å². The number of aryl methyl sites for hydroxylation is 1. The van der Waals surface area contributed by atoms with Crippen LogP contribution in [0.4, 0.5) is 5.69 Å². The summed E-state index contributed by atoms with van der Waals surface area (Å²) in [5, 5.41) is 10.9. The minimum Gasteiger partial charge on any atom is -0.465 e. The van der Waals surface area contributed by atoms with Crippen LogP contribution in [0.1, 0.15) is 43.6 Å². The van der Waals surface area contributed by atoms with Gasteiger partial charge in [0.15, 0.2) is 0 Å². The first-order valence-corrected chi connectivity index (χ1v) is 13.0. The van der Waals surface area contributed by atoms with Crippen molar-refractivity contribution in [3.63, 3.8) is 0 Å². The van der Waals surface area contributed by atoms with E-state index in [1.54, 1.807) is 31.0 Å². The Balaban J connectivity index is 1.63. The monoisotopic (exact) mass is 519 g/mol. The van der Waals surface area contributed by atoms with E-state index in [1.165, 1.54) is 0 Å². The Kier molecular flexibility index (Phi) is 8.01. The van der Waals surface area contributed by atoms with Crippen LogP contribution >= 0.6 is 0 Å². The highest BCUT2D eigenvalue weighted by Gasteiger charge is 2.43. The maximum Gasteiger partial charge on any atom is 0.320 e. The summed E-state index contributed by atoms with van der Waals surface area (Å²) in [6.45, 7) is 5.88. The van der Waals surface area contributed by atoms with Crippen LogP contribution in [-0.4, -0.2) is 70.4 Å². The molecule has 4 rings (SSSR count). The van der Waals surface area contributed by atoms with Crippen LogP contribution in [0.3, 0.4) is 0 Å². The molecule has 2 aromatic carbocycles. The number of esters is 1. The molecule has 10 heteroatoms. The van der Waals surface area contributed by atoms with Gasteiger partial charge in [-0.2, -0.15) is 0 Å². The van der Waals surface area contributed by atoms with Gasteiger partial charge < -0.3 is 25.3 Å². The Morgan fingerprint density at radius 2 is 1.87 bits per heavy atom. The van der Waals surface area contributed by atoms with Crippen molar-refractivity contribution >= 4 is 34.4 Å². The second-order valence-corrected chi connectivity index (χ2v) is 9.87. The van der Waals surface area contributed by atoms with Gasteiger partial charge in [-0.1, -0.05) is 6.07 Å². The van der Waals surface area contributed by atoms with Gasteiger partial charge in [-0.3, -0.25) is 19.9 Å². The van der Waals surface area contributed by atoms with Crippen molar-refractivity contribution in [3.05, 3.63) is 59.4 Å². The summed E-state index contributed by atoms with van der Waals surface area (Å²) in [7, 11) is 3.76. The van der Waals surface area contributed by atoms with E-state index in [0.29, 0.717) is 18.7 Å². The highest BCUT2D eigenvalue weighted by atomic mass is 16.5. The smallest absolute Gasteiger partial charge is 0.320 e. The lowest BCUT2D eigenvalue weighted by Gasteiger charge is -2.40. The van der Waals surface area contributed by atoms with Gasteiger partial charge in [0, 0.05) is 31.4 Å². The third-order valence-electron chi connectivity index (χ3n) is 7.43. The molecular formula is C28H37N7O3. The fourth-order valence-electron chi connectivity index (χ4n) is 4.95. The van der Waals surface area contributed by atoms with E-state index >= 15 is 0 Å². The predicted octanol–water partition coefficient (Wildman–Crippen LogP) is 2.80. The van der Waals surface area contributed by atoms with Crippen molar-refractivity contribution in [1.82, 2.24) is 19.4 Å². The number of imidazole rings is 1. The summed E-state index contributed by atoms with van der Waals surface area (Å²) in [5.74, 6) is 0.484. The number of likely N-dealkylation sites (tertiary alicyclic amines) is 1. The van der Waals surface area contributed by atoms with Gasteiger partial charge in [0.05, 0.1) is 30.7 Å². The lowest BCUT2D eigenvalue weighted by atomic mass is 9.88. The van der Waals surface area contributed by atoms with Gasteiger partial charge in [-0.15, -0.1) is 0 Å². The van der Waals surface area contributed by atoms with Gasteiger partial charge >= 0.3 is 5.97 Å². The Labute approximate surface area is 223 Å². The van der Waals surface area contributed by atoms with Crippen molar-refractivity contribution < 1.29 is 14.3 Å². The van der Waals surface area contributed by atoms with Crippen LogP contribution in [0.15, 0.2) is 42.5 Å². The molecule has 1 aliphatic rings. The number of ether oxygens (including phenoxy) is 1. The molecule has 1 aromatic heterocycles. The molecule has 1 aliphatic heterocycles. The van der Waals surface area contributed by atoms with Crippen LogP contribution in [0.2, 0.25) is 0 Å². The lowest BCUT2D eigenvalue weighted by molar-refractivity contribution is -0.150. The first kappa shape index (κ1) is 27.1. The maximum absolute atomic E-state index is 13.9. The number of amidine groups is 1. The van der Waals surface area contributed by atoms with Crippen LogP contribution in [0, 0.1) is 5.41 Å². The molecule has 1 atom stereocenters. The molecule has 4 N–H and O–H groups in total. The fraction of sp³-hybridized carbons (Fsp3) is 0.429. The third kappa shape index (κ3) is 5.35. The first-order valence-electron chi connectivity index (χ1n) is 13.0. The van der Waals surface area contributed by atoms with E-state index < -0.39 is 5.54 Å². The summed E-state index contributed by atoms with van der Waals surface area (Å²) in [6, 6.07) is 13.3. The molecule has 38 heavy (non-hydrogen) atoms. The zero-order valence-electron chi connectivity index (χ0n) is 22.6. The highest BCUT2D eigenvalue weighted by Crippen LogP contribution is 2.33. The Morgan fingerprint density at radius 3 is 2.50 bits per heavy atom. The number of amides is 1. The van der Waals surface area contributed by atoms with Gasteiger partial charge in [-0.25, -0.2) is 4.98 Å². The third-order valence-corrected chi connectivity index (χ3v) is 7.43. The van der Waals surface area contributed by atoms with Gasteiger partial charge in [0.1, 0.15) is 17.2 Å². The minimum absolute atomic E-state index is 0.00175. The van der Waals surface area contributed by atoms with E-state index in [2.05, 4.69) is 5.32 Å². The highest BCUT2D eigenvalue weighted by molar-refractivity contribution is 5.95. The molecule has 202 valence electrons. The van der Waals surface area contributed by atoms with Crippen molar-refractivity contribution in [1.29, 1.82) is 5.41 Å². The molecule has 0 bridgehead atoms. The molecule has 0 aliphatic carbocycles. The number of anilines is 1. The number of nitrogens with zero attached hydrogens (tertiary/aromatic N) is 4. The molecule has 1 fully saturated rings. The summed E-state index contributed by atoms with van der Waals surface area (Å²) < 4.78 is 7.20. The average molecular weight is 520 g/mol. The zero-order valence-corrected chi connectivity index (χ0v) is 22.6. The summed E-state index contributed by atoms with van der Waals surface area (Å²) >= 11 is 0. The van der Waals surface area contributed by atoms with Gasteiger partial charge in [0.2, 0.25) is 5.91 Å². The number of rotatable bonds is 10. The van der Waals surface area contributed by atoms with E-state index in [1.807, 2.05) is 53.8 Å². The molecule has 0 saturated carbocycles. The summed E-state index contributed by atoms with van der Waals surface area (Å²) in [5.41, 5.74) is 8.56. The Bertz CT molecular complexity index is 1330. The number of nitrogens with two attached hydrogens (primary N) is 1. The second-order valence-electron chi connectivity index (χ2n) is 9.87. The second kappa shape index (κ2) is 11.2. The predicted molar refractivity (Wildman–Crippen MR) is 148 cm³/mol. The SMILES string of the molecule is CCOC(=O)CN(C)C(C)(C(=O)N1CCCC1)c1ccc2c(c1)nc(CNc1ccc(C(=N)N)cc1)n2C. The van der Waals surface area contributed by atoms with E-state index in [4.69, 9.17) is 20.9 Å². The number of benzene rings is 2. The minimum atomic E-state index is -1.06. The van der Waals surface area contributed by atoms with E-state index in [-0.39, 0.29) is 24.3 Å². The molecule has 0 radical (unpaired) electrons. The van der Waals surface area contributed by atoms with E-state index in [0.717, 1.165) is 54.0 Å². The zero-order chi connectivity index (χ0) is 27.4. The van der Waals surface area contributed by atoms with Crippen molar-refractivity contribution in [3.8, 4) is 0 Å². The maximum atomic E-state index is 13.9. The van der Waals surface area contributed by atoms with Crippen LogP contribution in [-0.2, 0) is 33.5 Å². The number of hydrogen-bond acceptors (Lipinski definition) is 7. The molecule has 1 unspecified atom stereocenters. The van der Waals surface area contributed by atoms with Gasteiger partial charge in [-0.05, 0) is 75.7 Å². The molecule has 10 nitrogen and oxygen atoms in total. The topological polar surface area (TPSA) is 130 Å². The van der Waals surface area contributed by atoms with Crippen molar-refractivity contribution in [2.75, 3.05) is 38.6 Å². The largest absolute Gasteiger partial charge is 0.465 e. The number of nitrogens with one attached hydrogen (secondary N) is 2. The average Bonchev–Trinajstić information content (AvgIpc) is 3.55. The molecule has 3 aromatic rings. The Morgan fingerprint density at radius 1 is 1.18 bits per heavy atom. The lowest BCUT2D eigenvalue weighted by Crippen LogP contribution is -2.55. The van der Waals surface area contributed by atoms with E-state index in [9.17, 15) is 9.59 Å².